The van der Waals surface area contributed by atoms with E-state index in [1.165, 1.54) is 11.1 Å². The second-order valence-corrected chi connectivity index (χ2v) is 9.04. The predicted octanol–water partition coefficient (Wildman–Crippen LogP) is 4.04. The lowest BCUT2D eigenvalue weighted by Crippen LogP contribution is -2.43. The molecular weight excluding hydrogens is 446 g/mol. The zero-order valence-electron chi connectivity index (χ0n) is 19.0. The number of aromatic nitrogens is 3. The lowest BCUT2D eigenvalue weighted by Gasteiger charge is -2.25. The highest BCUT2D eigenvalue weighted by Gasteiger charge is 2.36. The molecule has 0 saturated carbocycles. The van der Waals surface area contributed by atoms with Crippen LogP contribution in [0.25, 0.3) is 0 Å². The molecule has 0 bridgehead atoms. The van der Waals surface area contributed by atoms with Crippen molar-refractivity contribution in [2.45, 2.75) is 26.7 Å². The Balaban J connectivity index is 1.31. The number of ether oxygens (including phenoxy) is 1. The van der Waals surface area contributed by atoms with Crippen molar-refractivity contribution in [1.29, 1.82) is 0 Å². The van der Waals surface area contributed by atoms with Crippen molar-refractivity contribution in [3.63, 3.8) is 0 Å². The number of hydrogen-bond acceptors (Lipinski definition) is 6. The second-order valence-electron chi connectivity index (χ2n) is 8.60. The lowest BCUT2D eigenvalue weighted by atomic mass is 9.90. The van der Waals surface area contributed by atoms with Crippen LogP contribution in [0.3, 0.4) is 0 Å². The van der Waals surface area contributed by atoms with Gasteiger partial charge in [-0.3, -0.25) is 15.3 Å². The summed E-state index contributed by atoms with van der Waals surface area (Å²) in [5.41, 5.74) is 8.18. The quantitative estimate of drug-likeness (QED) is 0.528. The van der Waals surface area contributed by atoms with Crippen molar-refractivity contribution in [1.82, 2.24) is 25.6 Å². The molecule has 1 amide bonds. The molecule has 1 aromatic heterocycles. The van der Waals surface area contributed by atoms with E-state index in [1.54, 1.807) is 5.01 Å². The molecular formula is C26H25N5O2S. The second kappa shape index (κ2) is 9.23. The Hall–Kier alpha value is -3.78. The summed E-state index contributed by atoms with van der Waals surface area (Å²) in [6.07, 6.45) is 3.45. The molecule has 5 rings (SSSR count). The third-order valence-corrected chi connectivity index (χ3v) is 6.48. The lowest BCUT2D eigenvalue weighted by molar-refractivity contribution is 0.0716. The Morgan fingerprint density at radius 2 is 1.88 bits per heavy atom. The number of benzene rings is 2. The molecule has 3 aromatic rings. The van der Waals surface area contributed by atoms with Gasteiger partial charge in [0.2, 0.25) is 5.82 Å². The molecule has 2 aromatic carbocycles. The molecule has 2 aliphatic rings. The van der Waals surface area contributed by atoms with Gasteiger partial charge in [0.25, 0.3) is 0 Å². The average Bonchev–Trinajstić information content (AvgIpc) is 3.47. The van der Waals surface area contributed by atoms with E-state index in [-0.39, 0.29) is 18.5 Å². The first-order valence-corrected chi connectivity index (χ1v) is 11.6. The summed E-state index contributed by atoms with van der Waals surface area (Å²) in [5, 5.41) is 8.60. The molecule has 7 nitrogen and oxygen atoms in total. The Labute approximate surface area is 203 Å². The number of hydrogen-bond donors (Lipinski definition) is 2. The number of aromatic amines is 1. The zero-order valence-corrected chi connectivity index (χ0v) is 19.9. The maximum absolute atomic E-state index is 12.9. The van der Waals surface area contributed by atoms with Gasteiger partial charge in [-0.25, -0.2) is 9.99 Å². The number of allylic oxidation sites excluding steroid dienone is 3. The zero-order chi connectivity index (χ0) is 23.7. The minimum absolute atomic E-state index is 0.0521. The first-order valence-electron chi connectivity index (χ1n) is 11.2. The largest absolute Gasteiger partial charge is 0.469 e. The maximum Gasteiger partial charge on any atom is 0.309 e. The van der Waals surface area contributed by atoms with Crippen LogP contribution in [-0.2, 0) is 17.6 Å². The van der Waals surface area contributed by atoms with E-state index in [4.69, 9.17) is 17.0 Å². The molecule has 1 aliphatic heterocycles. The number of nitrogens with zero attached hydrogens (tertiary/aromatic N) is 3. The van der Waals surface area contributed by atoms with Crippen molar-refractivity contribution < 1.29 is 9.53 Å². The first kappa shape index (κ1) is 22.0. The van der Waals surface area contributed by atoms with Crippen molar-refractivity contribution in [2.24, 2.45) is 5.92 Å². The third-order valence-electron chi connectivity index (χ3n) is 5.91. The first-order chi connectivity index (χ1) is 16.5. The van der Waals surface area contributed by atoms with Crippen molar-refractivity contribution >= 4 is 23.0 Å². The van der Waals surface area contributed by atoms with Gasteiger partial charge < -0.3 is 4.74 Å². The fourth-order valence-corrected chi connectivity index (χ4v) is 4.40. The normalized spacial score (nSPS) is 17.4. The standard InChI is InChI=1S/C26H25N5O2S/c1-16-8-10-19(11-9-16)13-20-12-17(2)24(34)22-23(20)33-15-31(22)30-26(32)25-27-21(28-29-25)14-18-6-4-3-5-7-18/h3-12,17H,13-15H2,1-2H3,(H,30,32)(H,27,28,29)/t17-/m0/s1. The van der Waals surface area contributed by atoms with Gasteiger partial charge >= 0.3 is 5.91 Å². The van der Waals surface area contributed by atoms with Crippen molar-refractivity contribution in [2.75, 3.05) is 6.73 Å². The summed E-state index contributed by atoms with van der Waals surface area (Å²) >= 11 is 5.71. The Morgan fingerprint density at radius 1 is 1.15 bits per heavy atom. The number of carbonyl (C=O) groups excluding carboxylic acids is 1. The van der Waals surface area contributed by atoms with Gasteiger partial charge in [0.05, 0.1) is 4.86 Å². The number of thiocarbonyl (C=S) groups is 1. The number of hydrazine groups is 1. The summed E-state index contributed by atoms with van der Waals surface area (Å²) in [6.45, 7) is 4.31. The molecule has 0 spiro atoms. The molecule has 0 unspecified atom stereocenters. The number of carbonyl (C=O) groups is 1. The molecule has 172 valence electrons. The molecule has 1 aliphatic carbocycles. The molecule has 1 atom stereocenters. The van der Waals surface area contributed by atoms with Gasteiger partial charge in [-0.05, 0) is 23.6 Å². The third kappa shape index (κ3) is 4.49. The molecule has 34 heavy (non-hydrogen) atoms. The number of aryl methyl sites for hydroxylation is 1. The SMILES string of the molecule is Cc1ccc(CC2=C[C@H](C)C(=S)C3=C2OCN3NC(=O)c2n[nH]c(Cc3ccccc3)n2)cc1. The fraction of sp³-hybridized carbons (Fsp3) is 0.231. The van der Waals surface area contributed by atoms with Crippen LogP contribution in [0, 0.1) is 12.8 Å². The Kier molecular flexibility index (Phi) is 5.98. The topological polar surface area (TPSA) is 83.1 Å². The van der Waals surface area contributed by atoms with E-state index >= 15 is 0 Å². The Morgan fingerprint density at radius 3 is 2.65 bits per heavy atom. The van der Waals surface area contributed by atoms with E-state index in [0.717, 1.165) is 33.9 Å². The number of H-pyrrole nitrogens is 1. The molecule has 0 radical (unpaired) electrons. The van der Waals surface area contributed by atoms with Crippen LogP contribution in [0.2, 0.25) is 0 Å². The van der Waals surface area contributed by atoms with E-state index in [2.05, 4.69) is 64.8 Å². The van der Waals surface area contributed by atoms with Gasteiger partial charge in [-0.1, -0.05) is 85.4 Å². The highest BCUT2D eigenvalue weighted by Crippen LogP contribution is 2.35. The molecule has 0 saturated heterocycles. The van der Waals surface area contributed by atoms with Crippen molar-refractivity contribution in [3.05, 3.63) is 106 Å². The Bertz CT molecular complexity index is 1290. The number of amides is 1. The minimum atomic E-state index is -0.419. The smallest absolute Gasteiger partial charge is 0.309 e. The highest BCUT2D eigenvalue weighted by molar-refractivity contribution is 7.80. The number of rotatable bonds is 6. The summed E-state index contributed by atoms with van der Waals surface area (Å²) < 4.78 is 6.00. The summed E-state index contributed by atoms with van der Waals surface area (Å²) in [5.74, 6) is 1.06. The summed E-state index contributed by atoms with van der Waals surface area (Å²) in [7, 11) is 0. The predicted molar refractivity (Wildman–Crippen MR) is 133 cm³/mol. The van der Waals surface area contributed by atoms with Crippen molar-refractivity contribution in [3.8, 4) is 0 Å². The maximum atomic E-state index is 12.9. The van der Waals surface area contributed by atoms with Gasteiger partial charge in [-0.2, -0.15) is 0 Å². The van der Waals surface area contributed by atoms with Gasteiger partial charge in [0.15, 0.2) is 12.5 Å². The average molecular weight is 472 g/mol. The van der Waals surface area contributed by atoms with Gasteiger partial charge in [-0.15, -0.1) is 5.10 Å². The minimum Gasteiger partial charge on any atom is -0.469 e. The van der Waals surface area contributed by atoms with Crippen LogP contribution in [0.4, 0.5) is 0 Å². The van der Waals surface area contributed by atoms with Crippen LogP contribution in [0.5, 0.6) is 0 Å². The van der Waals surface area contributed by atoms with Gasteiger partial charge in [0, 0.05) is 18.8 Å². The fourth-order valence-electron chi connectivity index (χ4n) is 4.13. The van der Waals surface area contributed by atoms with Gasteiger partial charge in [0.1, 0.15) is 11.5 Å². The van der Waals surface area contributed by atoms with E-state index in [9.17, 15) is 4.79 Å². The highest BCUT2D eigenvalue weighted by atomic mass is 32.1. The van der Waals surface area contributed by atoms with Crippen LogP contribution in [0.15, 0.2) is 77.7 Å². The van der Waals surface area contributed by atoms with Crippen LogP contribution >= 0.6 is 12.2 Å². The molecule has 8 heteroatoms. The van der Waals surface area contributed by atoms with Crippen LogP contribution in [0.1, 0.15) is 40.1 Å². The molecule has 0 fully saturated rings. The van der Waals surface area contributed by atoms with E-state index in [1.807, 2.05) is 30.3 Å². The van der Waals surface area contributed by atoms with Crippen LogP contribution in [-0.4, -0.2) is 37.7 Å². The summed E-state index contributed by atoms with van der Waals surface area (Å²) in [4.78, 5) is 18.0. The summed E-state index contributed by atoms with van der Waals surface area (Å²) in [6, 6.07) is 18.4. The number of nitrogens with one attached hydrogen (secondary N) is 2. The monoisotopic (exact) mass is 471 g/mol. The molecule has 2 heterocycles. The molecule has 2 N–H and O–H groups in total. The van der Waals surface area contributed by atoms with E-state index in [0.29, 0.717) is 12.2 Å². The van der Waals surface area contributed by atoms with E-state index < -0.39 is 5.91 Å². The van der Waals surface area contributed by atoms with Crippen LogP contribution < -0.4 is 5.43 Å².